The van der Waals surface area contributed by atoms with E-state index in [1.807, 2.05) is 25.1 Å². The van der Waals surface area contributed by atoms with Gasteiger partial charge in [-0.3, -0.25) is 0 Å². The second-order valence-electron chi connectivity index (χ2n) is 4.01. The first kappa shape index (κ1) is 13.1. The molecule has 0 atom stereocenters. The molecule has 19 heavy (non-hydrogen) atoms. The quantitative estimate of drug-likeness (QED) is 0.617. The fourth-order valence-electron chi connectivity index (χ4n) is 1.50. The largest absolute Gasteiger partial charge is 0.421 e. The minimum Gasteiger partial charge on any atom is -0.421 e. The summed E-state index contributed by atoms with van der Waals surface area (Å²) in [7, 11) is 0. The highest BCUT2D eigenvalue weighted by molar-refractivity contribution is 6.32. The Kier molecular flexibility index (Phi) is 3.84. The van der Waals surface area contributed by atoms with Gasteiger partial charge < -0.3 is 4.74 Å². The number of aryl methyl sites for hydroxylation is 1. The van der Waals surface area contributed by atoms with Gasteiger partial charge in [-0.1, -0.05) is 29.3 Å². The Bertz CT molecular complexity index is 657. The first-order valence-corrected chi connectivity index (χ1v) is 5.96. The first-order valence-electron chi connectivity index (χ1n) is 5.58. The van der Waals surface area contributed by atoms with Crippen molar-refractivity contribution in [1.82, 2.24) is 0 Å². The SMILES string of the molecule is Cc1ccc(C(=O)Oc2ccc(C#N)cc2Cl)cc1. The third-order valence-corrected chi connectivity index (χ3v) is 2.85. The molecule has 2 rings (SSSR count). The van der Waals surface area contributed by atoms with Crippen LogP contribution in [0, 0.1) is 18.3 Å². The van der Waals surface area contributed by atoms with Crippen molar-refractivity contribution < 1.29 is 9.53 Å². The van der Waals surface area contributed by atoms with E-state index in [-0.39, 0.29) is 10.8 Å². The van der Waals surface area contributed by atoms with Gasteiger partial charge in [0.15, 0.2) is 0 Å². The van der Waals surface area contributed by atoms with Crippen molar-refractivity contribution in [3.8, 4) is 11.8 Å². The molecule has 0 aromatic heterocycles. The van der Waals surface area contributed by atoms with Crippen LogP contribution in [0.3, 0.4) is 0 Å². The van der Waals surface area contributed by atoms with Crippen molar-refractivity contribution >= 4 is 17.6 Å². The van der Waals surface area contributed by atoms with Gasteiger partial charge in [0.05, 0.1) is 22.2 Å². The molecule has 94 valence electrons. The fourth-order valence-corrected chi connectivity index (χ4v) is 1.72. The van der Waals surface area contributed by atoms with Gasteiger partial charge in [-0.15, -0.1) is 0 Å². The molecule has 0 aliphatic rings. The molecule has 0 N–H and O–H groups in total. The lowest BCUT2D eigenvalue weighted by atomic mass is 10.1. The third-order valence-electron chi connectivity index (χ3n) is 2.55. The predicted molar refractivity (Wildman–Crippen MR) is 72.3 cm³/mol. The van der Waals surface area contributed by atoms with Crippen LogP contribution in [0.1, 0.15) is 21.5 Å². The highest BCUT2D eigenvalue weighted by Gasteiger charge is 2.11. The Morgan fingerprint density at radius 2 is 1.89 bits per heavy atom. The van der Waals surface area contributed by atoms with E-state index in [0.29, 0.717) is 11.1 Å². The van der Waals surface area contributed by atoms with Crippen LogP contribution in [0.4, 0.5) is 0 Å². The highest BCUT2D eigenvalue weighted by atomic mass is 35.5. The van der Waals surface area contributed by atoms with E-state index in [1.54, 1.807) is 18.2 Å². The Morgan fingerprint density at radius 3 is 2.47 bits per heavy atom. The minimum absolute atomic E-state index is 0.236. The van der Waals surface area contributed by atoms with Gasteiger partial charge >= 0.3 is 5.97 Å². The van der Waals surface area contributed by atoms with Crippen LogP contribution in [0.5, 0.6) is 5.75 Å². The number of halogens is 1. The van der Waals surface area contributed by atoms with Crippen LogP contribution in [-0.4, -0.2) is 5.97 Å². The Balaban J connectivity index is 2.20. The summed E-state index contributed by atoms with van der Waals surface area (Å²) in [5.41, 5.74) is 1.93. The smallest absolute Gasteiger partial charge is 0.343 e. The molecule has 0 spiro atoms. The van der Waals surface area contributed by atoms with Crippen LogP contribution < -0.4 is 4.74 Å². The maximum Gasteiger partial charge on any atom is 0.343 e. The summed E-state index contributed by atoms with van der Waals surface area (Å²) >= 11 is 5.94. The number of rotatable bonds is 2. The number of carbonyl (C=O) groups excluding carboxylic acids is 1. The minimum atomic E-state index is -0.480. The molecule has 0 amide bonds. The molecular formula is C15H10ClNO2. The van der Waals surface area contributed by atoms with E-state index >= 15 is 0 Å². The van der Waals surface area contributed by atoms with E-state index in [0.717, 1.165) is 5.56 Å². The Hall–Kier alpha value is -2.31. The number of carbonyl (C=O) groups is 1. The van der Waals surface area contributed by atoms with Crippen LogP contribution >= 0.6 is 11.6 Å². The van der Waals surface area contributed by atoms with Crippen molar-refractivity contribution in [2.24, 2.45) is 0 Å². The maximum atomic E-state index is 11.9. The number of hydrogen-bond donors (Lipinski definition) is 0. The zero-order valence-corrected chi connectivity index (χ0v) is 10.9. The monoisotopic (exact) mass is 271 g/mol. The summed E-state index contributed by atoms with van der Waals surface area (Å²) in [5.74, 6) is -0.238. The topological polar surface area (TPSA) is 50.1 Å². The maximum absolute atomic E-state index is 11.9. The van der Waals surface area contributed by atoms with Gasteiger partial charge in [0.25, 0.3) is 0 Å². The number of nitriles is 1. The molecule has 0 aliphatic carbocycles. The van der Waals surface area contributed by atoms with E-state index in [9.17, 15) is 4.79 Å². The van der Waals surface area contributed by atoms with Gasteiger partial charge in [0, 0.05) is 0 Å². The second kappa shape index (κ2) is 5.55. The number of esters is 1. The Morgan fingerprint density at radius 1 is 1.21 bits per heavy atom. The molecule has 0 heterocycles. The van der Waals surface area contributed by atoms with E-state index < -0.39 is 5.97 Å². The van der Waals surface area contributed by atoms with Gasteiger partial charge in [-0.25, -0.2) is 4.79 Å². The summed E-state index contributed by atoms with van der Waals surface area (Å²) in [5, 5.41) is 8.96. The van der Waals surface area contributed by atoms with Crippen LogP contribution in [0.15, 0.2) is 42.5 Å². The summed E-state index contributed by atoms with van der Waals surface area (Å²) in [6.07, 6.45) is 0. The average Bonchev–Trinajstić information content (AvgIpc) is 2.41. The number of hydrogen-bond acceptors (Lipinski definition) is 3. The first-order chi connectivity index (χ1) is 9.10. The van der Waals surface area contributed by atoms with E-state index in [1.165, 1.54) is 12.1 Å². The lowest BCUT2D eigenvalue weighted by Gasteiger charge is -2.06. The molecule has 0 saturated heterocycles. The summed E-state index contributed by atoms with van der Waals surface area (Å²) < 4.78 is 5.19. The second-order valence-corrected chi connectivity index (χ2v) is 4.42. The molecule has 2 aromatic rings. The normalized spacial score (nSPS) is 9.74. The highest BCUT2D eigenvalue weighted by Crippen LogP contribution is 2.26. The van der Waals surface area contributed by atoms with Crippen molar-refractivity contribution in [3.63, 3.8) is 0 Å². The molecule has 2 aromatic carbocycles. The summed E-state index contributed by atoms with van der Waals surface area (Å²) in [6.45, 7) is 1.94. The molecule has 0 aliphatic heterocycles. The van der Waals surface area contributed by atoms with Crippen molar-refractivity contribution in [1.29, 1.82) is 5.26 Å². The predicted octanol–water partition coefficient (Wildman–Crippen LogP) is 3.74. The number of benzene rings is 2. The van der Waals surface area contributed by atoms with Gasteiger partial charge in [0.2, 0.25) is 0 Å². The van der Waals surface area contributed by atoms with Crippen molar-refractivity contribution in [2.75, 3.05) is 0 Å². The lowest BCUT2D eigenvalue weighted by Crippen LogP contribution is -2.08. The molecule has 0 unspecified atom stereocenters. The number of ether oxygens (including phenoxy) is 1. The molecular weight excluding hydrogens is 262 g/mol. The van der Waals surface area contributed by atoms with Crippen LogP contribution in [0.25, 0.3) is 0 Å². The van der Waals surface area contributed by atoms with Crippen LogP contribution in [-0.2, 0) is 0 Å². The fraction of sp³-hybridized carbons (Fsp3) is 0.0667. The lowest BCUT2D eigenvalue weighted by molar-refractivity contribution is 0.0735. The zero-order chi connectivity index (χ0) is 13.8. The number of nitrogens with zero attached hydrogens (tertiary/aromatic N) is 1. The molecule has 0 radical (unpaired) electrons. The van der Waals surface area contributed by atoms with E-state index in [2.05, 4.69) is 0 Å². The summed E-state index contributed by atoms with van der Waals surface area (Å²) in [4.78, 5) is 11.9. The molecule has 0 bridgehead atoms. The molecule has 3 nitrogen and oxygen atoms in total. The standard InChI is InChI=1S/C15H10ClNO2/c1-10-2-5-12(6-3-10)15(18)19-14-7-4-11(9-17)8-13(14)16/h2-8H,1H3. The van der Waals surface area contributed by atoms with Crippen LogP contribution in [0.2, 0.25) is 5.02 Å². The molecule has 4 heteroatoms. The van der Waals surface area contributed by atoms with Gasteiger partial charge in [-0.2, -0.15) is 5.26 Å². The average molecular weight is 272 g/mol. The van der Waals surface area contributed by atoms with E-state index in [4.69, 9.17) is 21.6 Å². The Labute approximate surface area is 116 Å². The zero-order valence-electron chi connectivity index (χ0n) is 10.2. The molecule has 0 saturated carbocycles. The third kappa shape index (κ3) is 3.12. The van der Waals surface area contributed by atoms with Crippen molar-refractivity contribution in [2.45, 2.75) is 6.92 Å². The van der Waals surface area contributed by atoms with Gasteiger partial charge in [-0.05, 0) is 37.3 Å². The van der Waals surface area contributed by atoms with Gasteiger partial charge in [0.1, 0.15) is 5.75 Å². The van der Waals surface area contributed by atoms with Crippen molar-refractivity contribution in [3.05, 3.63) is 64.2 Å². The molecule has 0 fully saturated rings. The summed E-state index contributed by atoms with van der Waals surface area (Å²) in [6, 6.07) is 13.5.